The standard InChI is InChI=1S/C15H16N4S2/c1-3-19-14(13-5-4-6-16-8-13)17-18-15(19)21-10-12-7-11(2)20-9-12/h4-9H,3,10H2,1-2H3. The van der Waals surface area contributed by atoms with Gasteiger partial charge in [-0.1, -0.05) is 11.8 Å². The van der Waals surface area contributed by atoms with Gasteiger partial charge in [0.05, 0.1) is 0 Å². The Bertz CT molecular complexity index is 718. The minimum Gasteiger partial charge on any atom is -0.302 e. The van der Waals surface area contributed by atoms with Crippen LogP contribution in [-0.2, 0) is 12.3 Å². The topological polar surface area (TPSA) is 43.6 Å². The van der Waals surface area contributed by atoms with Crippen molar-refractivity contribution in [3.8, 4) is 11.4 Å². The number of rotatable bonds is 5. The predicted molar refractivity (Wildman–Crippen MR) is 87.5 cm³/mol. The van der Waals surface area contributed by atoms with E-state index < -0.39 is 0 Å². The number of aromatic nitrogens is 4. The smallest absolute Gasteiger partial charge is 0.191 e. The molecular formula is C15H16N4S2. The zero-order valence-corrected chi connectivity index (χ0v) is 13.6. The molecule has 0 N–H and O–H groups in total. The van der Waals surface area contributed by atoms with Crippen molar-refractivity contribution in [1.29, 1.82) is 0 Å². The molecule has 0 unspecified atom stereocenters. The Balaban J connectivity index is 1.82. The second-order valence-electron chi connectivity index (χ2n) is 4.65. The second-order valence-corrected chi connectivity index (χ2v) is 6.70. The molecule has 0 spiro atoms. The van der Waals surface area contributed by atoms with Crippen molar-refractivity contribution in [2.45, 2.75) is 31.3 Å². The molecule has 3 aromatic heterocycles. The first kappa shape index (κ1) is 14.3. The average molecular weight is 316 g/mol. The molecule has 6 heteroatoms. The lowest BCUT2D eigenvalue weighted by Crippen LogP contribution is -1.99. The Kier molecular flexibility index (Phi) is 4.36. The number of nitrogens with zero attached hydrogens (tertiary/aromatic N) is 4. The lowest BCUT2D eigenvalue weighted by molar-refractivity contribution is 0.687. The first-order valence-corrected chi connectivity index (χ1v) is 8.65. The van der Waals surface area contributed by atoms with E-state index in [2.05, 4.69) is 45.0 Å². The Labute approximate surface area is 132 Å². The molecule has 0 saturated heterocycles. The molecule has 0 amide bonds. The highest BCUT2D eigenvalue weighted by molar-refractivity contribution is 7.98. The van der Waals surface area contributed by atoms with E-state index in [1.165, 1.54) is 10.4 Å². The van der Waals surface area contributed by atoms with E-state index in [9.17, 15) is 0 Å². The van der Waals surface area contributed by atoms with Crippen molar-refractivity contribution in [3.63, 3.8) is 0 Å². The van der Waals surface area contributed by atoms with Crippen molar-refractivity contribution in [1.82, 2.24) is 19.7 Å². The number of aryl methyl sites for hydroxylation is 1. The highest BCUT2D eigenvalue weighted by atomic mass is 32.2. The molecule has 0 aliphatic heterocycles. The number of thioether (sulfide) groups is 1. The van der Waals surface area contributed by atoms with Gasteiger partial charge in [-0.3, -0.25) is 4.98 Å². The fourth-order valence-corrected chi connectivity index (χ4v) is 3.86. The van der Waals surface area contributed by atoms with Crippen molar-refractivity contribution < 1.29 is 0 Å². The fraction of sp³-hybridized carbons (Fsp3) is 0.267. The molecule has 0 atom stereocenters. The molecule has 0 radical (unpaired) electrons. The molecule has 0 saturated carbocycles. The molecule has 21 heavy (non-hydrogen) atoms. The summed E-state index contributed by atoms with van der Waals surface area (Å²) in [6, 6.07) is 6.16. The molecule has 3 rings (SSSR count). The molecule has 0 bridgehead atoms. The van der Waals surface area contributed by atoms with E-state index in [1.807, 2.05) is 18.3 Å². The van der Waals surface area contributed by atoms with Crippen LogP contribution in [0.5, 0.6) is 0 Å². The Morgan fingerprint density at radius 2 is 2.24 bits per heavy atom. The molecule has 0 aliphatic rings. The van der Waals surface area contributed by atoms with Crippen LogP contribution in [0.1, 0.15) is 17.4 Å². The van der Waals surface area contributed by atoms with Gasteiger partial charge in [-0.2, -0.15) is 0 Å². The lowest BCUT2D eigenvalue weighted by Gasteiger charge is -2.06. The molecule has 0 aromatic carbocycles. The maximum absolute atomic E-state index is 4.34. The van der Waals surface area contributed by atoms with Crippen LogP contribution >= 0.6 is 23.1 Å². The van der Waals surface area contributed by atoms with Gasteiger partial charge in [-0.05, 0) is 43.0 Å². The van der Waals surface area contributed by atoms with Crippen LogP contribution in [-0.4, -0.2) is 19.7 Å². The number of hydrogen-bond acceptors (Lipinski definition) is 5. The van der Waals surface area contributed by atoms with Crippen LogP contribution in [0.15, 0.2) is 41.1 Å². The minimum absolute atomic E-state index is 0.849. The highest BCUT2D eigenvalue weighted by Crippen LogP contribution is 2.27. The zero-order chi connectivity index (χ0) is 14.7. The van der Waals surface area contributed by atoms with Gasteiger partial charge in [0.15, 0.2) is 11.0 Å². The van der Waals surface area contributed by atoms with Crippen LogP contribution in [0.3, 0.4) is 0 Å². The molecular weight excluding hydrogens is 300 g/mol. The van der Waals surface area contributed by atoms with E-state index in [-0.39, 0.29) is 0 Å². The van der Waals surface area contributed by atoms with Gasteiger partial charge in [0.2, 0.25) is 0 Å². The van der Waals surface area contributed by atoms with Crippen molar-refractivity contribution in [2.24, 2.45) is 0 Å². The number of hydrogen-bond donors (Lipinski definition) is 0. The Morgan fingerprint density at radius 1 is 1.33 bits per heavy atom. The summed E-state index contributed by atoms with van der Waals surface area (Å²) < 4.78 is 2.14. The molecule has 0 aliphatic carbocycles. The SMILES string of the molecule is CCn1c(SCc2csc(C)c2)nnc1-c1cccnc1. The van der Waals surface area contributed by atoms with Crippen LogP contribution in [0, 0.1) is 6.92 Å². The first-order valence-electron chi connectivity index (χ1n) is 6.78. The van der Waals surface area contributed by atoms with Crippen molar-refractivity contribution in [2.75, 3.05) is 0 Å². The summed E-state index contributed by atoms with van der Waals surface area (Å²) in [5, 5.41) is 11.8. The molecule has 3 heterocycles. The Hall–Kier alpha value is -1.66. The van der Waals surface area contributed by atoms with Crippen LogP contribution in [0.2, 0.25) is 0 Å². The lowest BCUT2D eigenvalue weighted by atomic mass is 10.3. The molecule has 3 aromatic rings. The maximum Gasteiger partial charge on any atom is 0.191 e. The third-order valence-corrected chi connectivity index (χ3v) is 5.05. The fourth-order valence-electron chi connectivity index (χ4n) is 2.11. The second kappa shape index (κ2) is 6.41. The maximum atomic E-state index is 4.34. The summed E-state index contributed by atoms with van der Waals surface area (Å²) in [5.74, 6) is 1.81. The summed E-state index contributed by atoms with van der Waals surface area (Å²) in [7, 11) is 0. The summed E-state index contributed by atoms with van der Waals surface area (Å²) >= 11 is 3.52. The number of thiophene rings is 1. The van der Waals surface area contributed by atoms with Crippen molar-refractivity contribution >= 4 is 23.1 Å². The van der Waals surface area contributed by atoms with E-state index in [0.29, 0.717) is 0 Å². The predicted octanol–water partition coefficient (Wildman–Crippen LogP) is 4.02. The zero-order valence-electron chi connectivity index (χ0n) is 12.0. The molecule has 0 fully saturated rings. The normalized spacial score (nSPS) is 11.0. The summed E-state index contributed by atoms with van der Waals surface area (Å²) in [4.78, 5) is 5.50. The van der Waals surface area contributed by atoms with Gasteiger partial charge >= 0.3 is 0 Å². The third kappa shape index (κ3) is 3.16. The van der Waals surface area contributed by atoms with Crippen LogP contribution < -0.4 is 0 Å². The van der Waals surface area contributed by atoms with Crippen LogP contribution in [0.4, 0.5) is 0 Å². The quantitative estimate of drug-likeness (QED) is 0.667. The monoisotopic (exact) mass is 316 g/mol. The molecule has 4 nitrogen and oxygen atoms in total. The van der Waals surface area contributed by atoms with Gasteiger partial charge in [-0.25, -0.2) is 0 Å². The van der Waals surface area contributed by atoms with Gasteiger partial charge in [0.25, 0.3) is 0 Å². The summed E-state index contributed by atoms with van der Waals surface area (Å²) in [6.45, 7) is 5.10. The minimum atomic E-state index is 0.849. The first-order chi connectivity index (χ1) is 10.3. The van der Waals surface area contributed by atoms with Crippen molar-refractivity contribution in [3.05, 3.63) is 46.4 Å². The Morgan fingerprint density at radius 3 is 2.90 bits per heavy atom. The van der Waals surface area contributed by atoms with Gasteiger partial charge in [-0.15, -0.1) is 21.5 Å². The van der Waals surface area contributed by atoms with E-state index in [1.54, 1.807) is 29.3 Å². The van der Waals surface area contributed by atoms with Crippen LogP contribution in [0.25, 0.3) is 11.4 Å². The van der Waals surface area contributed by atoms with Gasteiger partial charge < -0.3 is 4.57 Å². The molecule has 108 valence electrons. The van der Waals surface area contributed by atoms with E-state index >= 15 is 0 Å². The number of pyridine rings is 1. The van der Waals surface area contributed by atoms with E-state index in [0.717, 1.165) is 28.8 Å². The summed E-state index contributed by atoms with van der Waals surface area (Å²) in [5.41, 5.74) is 2.35. The van der Waals surface area contributed by atoms with Gasteiger partial charge in [0.1, 0.15) is 0 Å². The van der Waals surface area contributed by atoms with E-state index in [4.69, 9.17) is 0 Å². The van der Waals surface area contributed by atoms with Gasteiger partial charge in [0, 0.05) is 35.1 Å². The largest absolute Gasteiger partial charge is 0.302 e. The highest BCUT2D eigenvalue weighted by Gasteiger charge is 2.13. The third-order valence-electron chi connectivity index (χ3n) is 3.11. The summed E-state index contributed by atoms with van der Waals surface area (Å²) in [6.07, 6.45) is 3.59. The average Bonchev–Trinajstić information content (AvgIpc) is 3.11.